The van der Waals surface area contributed by atoms with Crippen LogP contribution in [0.5, 0.6) is 0 Å². The van der Waals surface area contributed by atoms with Gasteiger partial charge in [-0.3, -0.25) is 4.79 Å². The number of amides is 1. The molecule has 1 heterocycles. The number of H-pyrrole nitrogens is 1. The molecule has 1 aromatic rings. The summed E-state index contributed by atoms with van der Waals surface area (Å²) in [5, 5.41) is 2.82. The smallest absolute Gasteiger partial charge is 0.287 e. The van der Waals surface area contributed by atoms with Gasteiger partial charge in [0.05, 0.1) is 0 Å². The first-order valence-corrected chi connectivity index (χ1v) is 3.66. The quantitative estimate of drug-likeness (QED) is 0.638. The van der Waals surface area contributed by atoms with Crippen LogP contribution in [0.4, 0.5) is 0 Å². The molecule has 0 spiro atoms. The average Bonchev–Trinajstić information content (AvgIpc) is 2.67. The van der Waals surface area contributed by atoms with Gasteiger partial charge in [-0.2, -0.15) is 0 Å². The fourth-order valence-electron chi connectivity index (χ4n) is 0.871. The molecule has 4 heteroatoms. The Kier molecular flexibility index (Phi) is 1.38. The fourth-order valence-corrected chi connectivity index (χ4v) is 0.871. The Bertz CT molecular complexity index is 251. The maximum atomic E-state index is 11.2. The van der Waals surface area contributed by atoms with Crippen LogP contribution in [0.3, 0.4) is 0 Å². The molecular weight excluding hydrogens is 142 g/mol. The van der Waals surface area contributed by atoms with Crippen LogP contribution in [0.25, 0.3) is 0 Å². The van der Waals surface area contributed by atoms with Crippen molar-refractivity contribution in [2.45, 2.75) is 18.9 Å². The van der Waals surface area contributed by atoms with Gasteiger partial charge in [-0.05, 0) is 12.8 Å². The topological polar surface area (TPSA) is 57.8 Å². The van der Waals surface area contributed by atoms with E-state index < -0.39 is 0 Å². The summed E-state index contributed by atoms with van der Waals surface area (Å²) in [6.07, 6.45) is 5.42. The van der Waals surface area contributed by atoms with Crippen molar-refractivity contribution in [1.29, 1.82) is 0 Å². The minimum absolute atomic E-state index is 0.0995. The van der Waals surface area contributed by atoms with Gasteiger partial charge in [0.2, 0.25) is 0 Å². The summed E-state index contributed by atoms with van der Waals surface area (Å²) >= 11 is 0. The minimum atomic E-state index is -0.0995. The molecule has 1 saturated carbocycles. The highest BCUT2D eigenvalue weighted by molar-refractivity contribution is 5.90. The van der Waals surface area contributed by atoms with Crippen molar-refractivity contribution in [2.24, 2.45) is 0 Å². The number of rotatable bonds is 2. The lowest BCUT2D eigenvalue weighted by molar-refractivity contribution is 0.0941. The first-order chi connectivity index (χ1) is 5.36. The lowest BCUT2D eigenvalue weighted by Gasteiger charge is -1.97. The molecular formula is C7H9N3O. The molecule has 1 aliphatic carbocycles. The molecule has 1 aliphatic rings. The maximum absolute atomic E-state index is 11.2. The predicted octanol–water partition coefficient (Wildman–Crippen LogP) is 0.302. The van der Waals surface area contributed by atoms with E-state index >= 15 is 0 Å². The van der Waals surface area contributed by atoms with Crippen LogP contribution in [-0.4, -0.2) is 21.9 Å². The summed E-state index contributed by atoms with van der Waals surface area (Å²) < 4.78 is 0. The van der Waals surface area contributed by atoms with Crippen molar-refractivity contribution in [3.63, 3.8) is 0 Å². The number of carbonyl (C=O) groups excluding carboxylic acids is 1. The van der Waals surface area contributed by atoms with Gasteiger partial charge in [-0.1, -0.05) is 0 Å². The van der Waals surface area contributed by atoms with Crippen molar-refractivity contribution in [1.82, 2.24) is 15.3 Å². The molecule has 0 aliphatic heterocycles. The van der Waals surface area contributed by atoms with E-state index in [4.69, 9.17) is 0 Å². The standard InChI is InChI=1S/C7H9N3O/c11-7(10-5-1-2-5)6-8-3-4-9-6/h3-5H,1-2H2,(H,8,9)(H,10,11). The summed E-state index contributed by atoms with van der Waals surface area (Å²) in [5.74, 6) is 0.300. The molecule has 58 valence electrons. The van der Waals surface area contributed by atoms with E-state index in [1.54, 1.807) is 12.4 Å². The highest BCUT2D eigenvalue weighted by Gasteiger charge is 2.24. The summed E-state index contributed by atoms with van der Waals surface area (Å²) in [4.78, 5) is 17.7. The molecule has 0 unspecified atom stereocenters. The van der Waals surface area contributed by atoms with Gasteiger partial charge in [-0.25, -0.2) is 4.98 Å². The zero-order valence-electron chi connectivity index (χ0n) is 6.00. The maximum Gasteiger partial charge on any atom is 0.287 e. The van der Waals surface area contributed by atoms with Crippen molar-refractivity contribution < 1.29 is 4.79 Å². The van der Waals surface area contributed by atoms with E-state index in [9.17, 15) is 4.79 Å². The Morgan fingerprint density at radius 2 is 2.55 bits per heavy atom. The van der Waals surface area contributed by atoms with Gasteiger partial charge in [0.1, 0.15) is 0 Å². The molecule has 0 aromatic carbocycles. The van der Waals surface area contributed by atoms with Crippen LogP contribution in [-0.2, 0) is 0 Å². The van der Waals surface area contributed by atoms with E-state index in [-0.39, 0.29) is 5.91 Å². The SMILES string of the molecule is O=C(NC1CC1)c1ncc[nH]1. The molecule has 0 saturated heterocycles. The number of aromatic nitrogens is 2. The summed E-state index contributed by atoms with van der Waals surface area (Å²) in [6, 6.07) is 0.396. The molecule has 0 atom stereocenters. The number of nitrogens with zero attached hydrogens (tertiary/aromatic N) is 1. The highest BCUT2D eigenvalue weighted by atomic mass is 16.2. The molecule has 2 rings (SSSR count). The average molecular weight is 151 g/mol. The minimum Gasteiger partial charge on any atom is -0.347 e. The van der Waals surface area contributed by atoms with Crippen LogP contribution < -0.4 is 5.32 Å². The normalized spacial score (nSPS) is 16.4. The van der Waals surface area contributed by atoms with Crippen LogP contribution in [0.2, 0.25) is 0 Å². The highest BCUT2D eigenvalue weighted by Crippen LogP contribution is 2.18. The van der Waals surface area contributed by atoms with E-state index in [1.807, 2.05) is 0 Å². The lowest BCUT2D eigenvalue weighted by atomic mass is 10.5. The molecule has 1 amide bonds. The number of hydrogen-bond donors (Lipinski definition) is 2. The molecule has 1 fully saturated rings. The van der Waals surface area contributed by atoms with E-state index in [2.05, 4.69) is 15.3 Å². The zero-order chi connectivity index (χ0) is 7.68. The van der Waals surface area contributed by atoms with Crippen molar-refractivity contribution in [2.75, 3.05) is 0 Å². The third kappa shape index (κ3) is 1.39. The lowest BCUT2D eigenvalue weighted by Crippen LogP contribution is -2.26. The van der Waals surface area contributed by atoms with E-state index in [0.717, 1.165) is 12.8 Å². The molecule has 0 bridgehead atoms. The van der Waals surface area contributed by atoms with Gasteiger partial charge >= 0.3 is 0 Å². The van der Waals surface area contributed by atoms with Crippen molar-refractivity contribution in [3.05, 3.63) is 18.2 Å². The van der Waals surface area contributed by atoms with Crippen molar-refractivity contribution >= 4 is 5.91 Å². The van der Waals surface area contributed by atoms with Crippen LogP contribution in [0.1, 0.15) is 23.5 Å². The van der Waals surface area contributed by atoms with Crippen molar-refractivity contribution in [3.8, 4) is 0 Å². The molecule has 11 heavy (non-hydrogen) atoms. The Balaban J connectivity index is 1.99. The van der Waals surface area contributed by atoms with Gasteiger partial charge < -0.3 is 10.3 Å². The van der Waals surface area contributed by atoms with Gasteiger partial charge in [0.25, 0.3) is 5.91 Å². The molecule has 2 N–H and O–H groups in total. The Labute approximate surface area is 64.0 Å². The third-order valence-corrected chi connectivity index (χ3v) is 1.63. The Morgan fingerprint density at radius 1 is 1.73 bits per heavy atom. The van der Waals surface area contributed by atoms with Crippen LogP contribution in [0.15, 0.2) is 12.4 Å². The van der Waals surface area contributed by atoms with Gasteiger partial charge in [0.15, 0.2) is 5.82 Å². The fraction of sp³-hybridized carbons (Fsp3) is 0.429. The predicted molar refractivity (Wildman–Crippen MR) is 39.1 cm³/mol. The van der Waals surface area contributed by atoms with Gasteiger partial charge in [-0.15, -0.1) is 0 Å². The largest absolute Gasteiger partial charge is 0.347 e. The summed E-state index contributed by atoms with van der Waals surface area (Å²) in [5.41, 5.74) is 0. The summed E-state index contributed by atoms with van der Waals surface area (Å²) in [6.45, 7) is 0. The second-order valence-electron chi connectivity index (χ2n) is 2.69. The molecule has 0 radical (unpaired) electrons. The number of hydrogen-bond acceptors (Lipinski definition) is 2. The number of carbonyl (C=O) groups is 1. The first-order valence-electron chi connectivity index (χ1n) is 3.66. The Hall–Kier alpha value is -1.32. The monoisotopic (exact) mass is 151 g/mol. The van der Waals surface area contributed by atoms with Crippen LogP contribution in [0, 0.1) is 0 Å². The second kappa shape index (κ2) is 2.38. The van der Waals surface area contributed by atoms with Gasteiger partial charge in [0, 0.05) is 18.4 Å². The molecule has 1 aromatic heterocycles. The zero-order valence-corrected chi connectivity index (χ0v) is 6.00. The number of imidazole rings is 1. The third-order valence-electron chi connectivity index (χ3n) is 1.63. The second-order valence-corrected chi connectivity index (χ2v) is 2.69. The first kappa shape index (κ1) is 6.39. The van der Waals surface area contributed by atoms with Crippen LogP contribution >= 0.6 is 0 Å². The number of aromatic amines is 1. The van der Waals surface area contributed by atoms with E-state index in [1.165, 1.54) is 0 Å². The summed E-state index contributed by atoms with van der Waals surface area (Å²) in [7, 11) is 0. The Morgan fingerprint density at radius 3 is 3.09 bits per heavy atom. The number of nitrogens with one attached hydrogen (secondary N) is 2. The van der Waals surface area contributed by atoms with E-state index in [0.29, 0.717) is 11.9 Å². The molecule has 4 nitrogen and oxygen atoms in total.